The van der Waals surface area contributed by atoms with Gasteiger partial charge in [0, 0.05) is 24.5 Å². The number of para-hydroxylation sites is 1. The number of nitrogens with zero attached hydrogens (tertiary/aromatic N) is 2. The molecule has 1 aliphatic heterocycles. The Morgan fingerprint density at radius 1 is 1.26 bits per heavy atom. The van der Waals surface area contributed by atoms with Gasteiger partial charge in [0.05, 0.1) is 29.0 Å². The molecular formula is C20H25N3O3S. The molecule has 7 heteroatoms. The number of anilines is 2. The van der Waals surface area contributed by atoms with Crippen LogP contribution in [0.5, 0.6) is 0 Å². The predicted octanol–water partition coefficient (Wildman–Crippen LogP) is 3.04. The predicted molar refractivity (Wildman–Crippen MR) is 107 cm³/mol. The van der Waals surface area contributed by atoms with Crippen LogP contribution in [-0.4, -0.2) is 48.3 Å². The van der Waals surface area contributed by atoms with Crippen LogP contribution in [0.25, 0.3) is 0 Å². The normalized spacial score (nSPS) is 18.2. The van der Waals surface area contributed by atoms with E-state index < -0.39 is 9.84 Å². The molecule has 0 aliphatic carbocycles. The highest BCUT2D eigenvalue weighted by molar-refractivity contribution is 7.91. The van der Waals surface area contributed by atoms with Crippen LogP contribution in [0.15, 0.2) is 42.7 Å². The van der Waals surface area contributed by atoms with E-state index in [9.17, 15) is 13.2 Å². The Morgan fingerprint density at radius 3 is 2.70 bits per heavy atom. The molecule has 3 rings (SSSR count). The molecule has 144 valence electrons. The SMILES string of the molecule is CCc1ccccc1Nc1cncc(C(=O)N(CC)C2CCS(=O)(=O)C2)c1. The number of benzene rings is 1. The van der Waals surface area contributed by atoms with Gasteiger partial charge in [-0.2, -0.15) is 0 Å². The molecule has 1 fully saturated rings. The van der Waals surface area contributed by atoms with E-state index in [2.05, 4.69) is 23.3 Å². The molecule has 1 amide bonds. The van der Waals surface area contributed by atoms with Crippen LogP contribution in [0.1, 0.15) is 36.2 Å². The number of carbonyl (C=O) groups is 1. The maximum Gasteiger partial charge on any atom is 0.255 e. The summed E-state index contributed by atoms with van der Waals surface area (Å²) < 4.78 is 23.6. The van der Waals surface area contributed by atoms with E-state index in [-0.39, 0.29) is 23.5 Å². The summed E-state index contributed by atoms with van der Waals surface area (Å²) in [5, 5.41) is 3.33. The first-order valence-electron chi connectivity index (χ1n) is 9.25. The van der Waals surface area contributed by atoms with Crippen molar-refractivity contribution in [2.45, 2.75) is 32.7 Å². The number of rotatable bonds is 6. The van der Waals surface area contributed by atoms with Gasteiger partial charge in [-0.25, -0.2) is 8.42 Å². The lowest BCUT2D eigenvalue weighted by Gasteiger charge is -2.27. The smallest absolute Gasteiger partial charge is 0.255 e. The van der Waals surface area contributed by atoms with E-state index in [1.807, 2.05) is 25.1 Å². The molecule has 1 aromatic heterocycles. The molecule has 1 aromatic carbocycles. The molecule has 6 nitrogen and oxygen atoms in total. The van der Waals surface area contributed by atoms with Gasteiger partial charge in [-0.3, -0.25) is 9.78 Å². The van der Waals surface area contributed by atoms with Crippen LogP contribution in [0.2, 0.25) is 0 Å². The lowest BCUT2D eigenvalue weighted by Crippen LogP contribution is -2.41. The van der Waals surface area contributed by atoms with Crippen molar-refractivity contribution < 1.29 is 13.2 Å². The van der Waals surface area contributed by atoms with Crippen molar-refractivity contribution in [3.05, 3.63) is 53.9 Å². The monoisotopic (exact) mass is 387 g/mol. The van der Waals surface area contributed by atoms with Crippen molar-refractivity contribution >= 4 is 27.1 Å². The fourth-order valence-electron chi connectivity index (χ4n) is 3.49. The Morgan fingerprint density at radius 2 is 2.04 bits per heavy atom. The summed E-state index contributed by atoms with van der Waals surface area (Å²) in [5.41, 5.74) is 3.36. The third-order valence-corrected chi connectivity index (χ3v) is 6.66. The second kappa shape index (κ2) is 8.08. The summed E-state index contributed by atoms with van der Waals surface area (Å²) in [7, 11) is -3.04. The minimum absolute atomic E-state index is 0.0435. The Hall–Kier alpha value is -2.41. The van der Waals surface area contributed by atoms with Crippen LogP contribution >= 0.6 is 0 Å². The summed E-state index contributed by atoms with van der Waals surface area (Å²) in [4.78, 5) is 18.8. The highest BCUT2D eigenvalue weighted by atomic mass is 32.2. The Bertz CT molecular complexity index is 928. The third kappa shape index (κ3) is 4.47. The minimum atomic E-state index is -3.04. The first-order chi connectivity index (χ1) is 12.9. The fraction of sp³-hybridized carbons (Fsp3) is 0.400. The van der Waals surface area contributed by atoms with Crippen LogP contribution < -0.4 is 5.32 Å². The van der Waals surface area contributed by atoms with Crippen LogP contribution in [-0.2, 0) is 16.3 Å². The van der Waals surface area contributed by atoms with Crippen molar-refractivity contribution in [3.63, 3.8) is 0 Å². The van der Waals surface area contributed by atoms with Crippen molar-refractivity contribution in [1.82, 2.24) is 9.88 Å². The quantitative estimate of drug-likeness (QED) is 0.824. The maximum absolute atomic E-state index is 13.0. The minimum Gasteiger partial charge on any atom is -0.354 e. The highest BCUT2D eigenvalue weighted by Gasteiger charge is 2.34. The zero-order valence-corrected chi connectivity index (χ0v) is 16.5. The zero-order valence-electron chi connectivity index (χ0n) is 15.7. The Kier molecular flexibility index (Phi) is 5.79. The van der Waals surface area contributed by atoms with E-state index in [1.54, 1.807) is 17.2 Å². The van der Waals surface area contributed by atoms with Crippen molar-refractivity contribution in [2.24, 2.45) is 0 Å². The summed E-state index contributed by atoms with van der Waals surface area (Å²) >= 11 is 0. The van der Waals surface area contributed by atoms with Gasteiger partial charge in [-0.1, -0.05) is 25.1 Å². The third-order valence-electron chi connectivity index (χ3n) is 4.91. The lowest BCUT2D eigenvalue weighted by atomic mass is 10.1. The molecule has 2 aromatic rings. The number of sulfone groups is 1. The number of aryl methyl sites for hydroxylation is 1. The average molecular weight is 388 g/mol. The number of carbonyl (C=O) groups excluding carboxylic acids is 1. The molecule has 1 unspecified atom stereocenters. The summed E-state index contributed by atoms with van der Waals surface area (Å²) in [6.07, 6.45) is 4.61. The van der Waals surface area contributed by atoms with E-state index >= 15 is 0 Å². The van der Waals surface area contributed by atoms with Crippen LogP contribution in [0.3, 0.4) is 0 Å². The molecule has 1 saturated heterocycles. The molecule has 27 heavy (non-hydrogen) atoms. The van der Waals surface area contributed by atoms with Crippen LogP contribution in [0, 0.1) is 0 Å². The summed E-state index contributed by atoms with van der Waals surface area (Å²) in [5.74, 6) is 0.0104. The Labute approximate surface area is 160 Å². The summed E-state index contributed by atoms with van der Waals surface area (Å²) in [6, 6.07) is 9.53. The van der Waals surface area contributed by atoms with Gasteiger partial charge in [-0.05, 0) is 37.5 Å². The lowest BCUT2D eigenvalue weighted by molar-refractivity contribution is 0.0708. The number of aromatic nitrogens is 1. The number of amides is 1. The fourth-order valence-corrected chi connectivity index (χ4v) is 5.22. The van der Waals surface area contributed by atoms with E-state index in [4.69, 9.17) is 0 Å². The molecule has 0 spiro atoms. The molecule has 2 heterocycles. The van der Waals surface area contributed by atoms with E-state index in [0.29, 0.717) is 18.5 Å². The van der Waals surface area contributed by atoms with Crippen molar-refractivity contribution in [2.75, 3.05) is 23.4 Å². The molecule has 1 N–H and O–H groups in total. The zero-order chi connectivity index (χ0) is 19.4. The molecule has 0 bridgehead atoms. The average Bonchev–Trinajstić information content (AvgIpc) is 3.02. The van der Waals surface area contributed by atoms with Gasteiger partial charge >= 0.3 is 0 Å². The standard InChI is InChI=1S/C20H25N3O3S/c1-3-15-7-5-6-8-19(15)22-17-11-16(12-21-13-17)20(24)23(4-2)18-9-10-27(25,26)14-18/h5-8,11-13,18,22H,3-4,9-10,14H2,1-2H3. The van der Waals surface area contributed by atoms with E-state index in [0.717, 1.165) is 17.8 Å². The van der Waals surface area contributed by atoms with Crippen molar-refractivity contribution in [1.29, 1.82) is 0 Å². The molecule has 1 atom stereocenters. The maximum atomic E-state index is 13.0. The van der Waals surface area contributed by atoms with Gasteiger partial charge in [-0.15, -0.1) is 0 Å². The number of pyridine rings is 1. The first-order valence-corrected chi connectivity index (χ1v) is 11.1. The molecule has 0 saturated carbocycles. The second-order valence-electron chi connectivity index (χ2n) is 6.75. The van der Waals surface area contributed by atoms with Gasteiger partial charge in [0.2, 0.25) is 0 Å². The van der Waals surface area contributed by atoms with Gasteiger partial charge in [0.1, 0.15) is 0 Å². The Balaban J connectivity index is 1.81. The molecule has 0 radical (unpaired) electrons. The second-order valence-corrected chi connectivity index (χ2v) is 8.97. The van der Waals surface area contributed by atoms with Gasteiger partial charge in [0.15, 0.2) is 9.84 Å². The topological polar surface area (TPSA) is 79.4 Å². The number of nitrogens with one attached hydrogen (secondary N) is 1. The molecule has 1 aliphatic rings. The van der Waals surface area contributed by atoms with E-state index in [1.165, 1.54) is 11.8 Å². The number of hydrogen-bond donors (Lipinski definition) is 1. The largest absolute Gasteiger partial charge is 0.354 e. The highest BCUT2D eigenvalue weighted by Crippen LogP contribution is 2.23. The number of hydrogen-bond acceptors (Lipinski definition) is 5. The van der Waals surface area contributed by atoms with Gasteiger partial charge < -0.3 is 10.2 Å². The molecular weight excluding hydrogens is 362 g/mol. The van der Waals surface area contributed by atoms with Crippen molar-refractivity contribution in [3.8, 4) is 0 Å². The van der Waals surface area contributed by atoms with Crippen LogP contribution in [0.4, 0.5) is 11.4 Å². The first kappa shape index (κ1) is 19.4. The summed E-state index contributed by atoms with van der Waals surface area (Å²) in [6.45, 7) is 4.43. The van der Waals surface area contributed by atoms with Gasteiger partial charge in [0.25, 0.3) is 5.91 Å².